The van der Waals surface area contributed by atoms with Gasteiger partial charge in [0.05, 0.1) is 18.0 Å². The molecule has 1 aliphatic heterocycles. The van der Waals surface area contributed by atoms with Gasteiger partial charge in [-0.3, -0.25) is 4.90 Å². The molecule has 3 rings (SSSR count). The molecule has 2 aromatic rings. The number of benzene rings is 2. The first-order chi connectivity index (χ1) is 14.2. The van der Waals surface area contributed by atoms with Gasteiger partial charge in [0.25, 0.3) is 10.0 Å². The van der Waals surface area contributed by atoms with Crippen LogP contribution in [0.2, 0.25) is 0 Å². The summed E-state index contributed by atoms with van der Waals surface area (Å²) in [6.45, 7) is 3.44. The standard InChI is InChI=1S/C20H22N2O6S2/c1-5-27-19(23)13(2)28-15-8-11-18-17(12-15)21(3)20(24)22(30(18,25)26)14-6-9-16(29-4)10-7-14/h6-13H,5H2,1-4H3/t13-/m1/s1. The number of esters is 1. The second-order valence-corrected chi connectivity index (χ2v) is 9.09. The Kier molecular flexibility index (Phi) is 6.27. The van der Waals surface area contributed by atoms with Gasteiger partial charge in [0, 0.05) is 18.0 Å². The lowest BCUT2D eigenvalue weighted by atomic mass is 10.2. The quantitative estimate of drug-likeness (QED) is 0.491. The summed E-state index contributed by atoms with van der Waals surface area (Å²) in [5, 5.41) is 0. The third-order valence-corrected chi connectivity index (χ3v) is 7.00. The monoisotopic (exact) mass is 450 g/mol. The van der Waals surface area contributed by atoms with Crippen molar-refractivity contribution in [3.63, 3.8) is 0 Å². The summed E-state index contributed by atoms with van der Waals surface area (Å²) in [4.78, 5) is 26.9. The fourth-order valence-corrected chi connectivity index (χ4v) is 5.00. The van der Waals surface area contributed by atoms with Crippen molar-refractivity contribution in [3.8, 4) is 5.75 Å². The Bertz CT molecular complexity index is 1070. The van der Waals surface area contributed by atoms with Crippen LogP contribution in [0, 0.1) is 0 Å². The van der Waals surface area contributed by atoms with Crippen LogP contribution < -0.4 is 13.9 Å². The molecule has 0 saturated carbocycles. The zero-order chi connectivity index (χ0) is 22.1. The molecule has 1 aliphatic rings. The average molecular weight is 451 g/mol. The van der Waals surface area contributed by atoms with Gasteiger partial charge in [0.2, 0.25) is 0 Å². The highest BCUT2D eigenvalue weighted by atomic mass is 32.2. The van der Waals surface area contributed by atoms with Gasteiger partial charge in [0.15, 0.2) is 6.10 Å². The SMILES string of the molecule is CCOC(=O)[C@@H](C)Oc1ccc2c(c1)N(C)C(=O)N(c1ccc(SC)cc1)S2(=O)=O. The van der Waals surface area contributed by atoms with Crippen molar-refractivity contribution < 1.29 is 27.5 Å². The highest BCUT2D eigenvalue weighted by Crippen LogP contribution is 2.39. The summed E-state index contributed by atoms with van der Waals surface area (Å²) in [5.41, 5.74) is 0.428. The minimum Gasteiger partial charge on any atom is -0.479 e. The third-order valence-electron chi connectivity index (χ3n) is 4.51. The second kappa shape index (κ2) is 8.57. The summed E-state index contributed by atoms with van der Waals surface area (Å²) in [6.07, 6.45) is 1.03. The number of carbonyl (C=O) groups is 2. The van der Waals surface area contributed by atoms with Gasteiger partial charge in [-0.2, -0.15) is 4.31 Å². The number of carbonyl (C=O) groups excluding carboxylic acids is 2. The summed E-state index contributed by atoms with van der Waals surface area (Å²) in [5.74, 6) is -0.283. The molecule has 2 aromatic carbocycles. The van der Waals surface area contributed by atoms with Gasteiger partial charge < -0.3 is 9.47 Å². The number of hydrogen-bond acceptors (Lipinski definition) is 7. The Morgan fingerprint density at radius 3 is 2.43 bits per heavy atom. The lowest BCUT2D eigenvalue weighted by Gasteiger charge is -2.34. The minimum absolute atomic E-state index is 0.0327. The van der Waals surface area contributed by atoms with Crippen molar-refractivity contribution in [1.82, 2.24) is 0 Å². The van der Waals surface area contributed by atoms with Crippen molar-refractivity contribution >= 4 is 45.2 Å². The van der Waals surface area contributed by atoms with Crippen LogP contribution >= 0.6 is 11.8 Å². The predicted molar refractivity (Wildman–Crippen MR) is 115 cm³/mol. The number of amides is 2. The molecule has 1 atom stereocenters. The van der Waals surface area contributed by atoms with E-state index in [-0.39, 0.29) is 28.6 Å². The van der Waals surface area contributed by atoms with E-state index in [1.807, 2.05) is 6.26 Å². The fourth-order valence-electron chi connectivity index (χ4n) is 2.97. The Morgan fingerprint density at radius 2 is 1.83 bits per heavy atom. The molecule has 0 spiro atoms. The smallest absolute Gasteiger partial charge is 0.347 e. The van der Waals surface area contributed by atoms with Crippen molar-refractivity contribution in [3.05, 3.63) is 42.5 Å². The molecular formula is C20H22N2O6S2. The number of nitrogens with zero attached hydrogens (tertiary/aromatic N) is 2. The minimum atomic E-state index is -4.12. The van der Waals surface area contributed by atoms with Crippen molar-refractivity contribution in [2.75, 3.05) is 29.1 Å². The van der Waals surface area contributed by atoms with Crippen LogP contribution in [0.1, 0.15) is 13.8 Å². The Balaban J connectivity index is 1.98. The molecule has 0 radical (unpaired) electrons. The maximum atomic E-state index is 13.2. The summed E-state index contributed by atoms with van der Waals surface area (Å²) < 4.78 is 37.6. The van der Waals surface area contributed by atoms with E-state index in [9.17, 15) is 18.0 Å². The van der Waals surface area contributed by atoms with Gasteiger partial charge in [0.1, 0.15) is 10.6 Å². The topological polar surface area (TPSA) is 93.2 Å². The molecular weight excluding hydrogens is 428 g/mol. The molecule has 0 aromatic heterocycles. The van der Waals surface area contributed by atoms with Gasteiger partial charge in [-0.25, -0.2) is 18.0 Å². The zero-order valence-corrected chi connectivity index (χ0v) is 18.6. The fraction of sp³-hybridized carbons (Fsp3) is 0.300. The number of ether oxygens (including phenoxy) is 2. The molecule has 0 bridgehead atoms. The summed E-state index contributed by atoms with van der Waals surface area (Å²) in [6, 6.07) is 10.2. The van der Waals surface area contributed by atoms with Crippen LogP contribution in [0.5, 0.6) is 5.75 Å². The maximum Gasteiger partial charge on any atom is 0.347 e. The van der Waals surface area contributed by atoms with Gasteiger partial charge in [-0.05, 0) is 56.5 Å². The normalized spacial score (nSPS) is 16.1. The molecule has 1 heterocycles. The number of sulfonamides is 1. The number of rotatable bonds is 6. The molecule has 0 unspecified atom stereocenters. The van der Waals surface area contributed by atoms with Crippen LogP contribution in [0.4, 0.5) is 16.2 Å². The van der Waals surface area contributed by atoms with Gasteiger partial charge in [-0.1, -0.05) is 0 Å². The van der Waals surface area contributed by atoms with E-state index in [1.165, 1.54) is 48.8 Å². The number of hydrogen-bond donors (Lipinski definition) is 0. The average Bonchev–Trinajstić information content (AvgIpc) is 2.72. The molecule has 30 heavy (non-hydrogen) atoms. The Morgan fingerprint density at radius 1 is 1.17 bits per heavy atom. The van der Waals surface area contributed by atoms with Crippen LogP contribution in [-0.4, -0.2) is 46.4 Å². The van der Waals surface area contributed by atoms with E-state index in [4.69, 9.17) is 9.47 Å². The first kappa shape index (κ1) is 22.0. The van der Waals surface area contributed by atoms with E-state index >= 15 is 0 Å². The molecule has 0 saturated heterocycles. The van der Waals surface area contributed by atoms with E-state index in [1.54, 1.807) is 31.2 Å². The van der Waals surface area contributed by atoms with Crippen molar-refractivity contribution in [1.29, 1.82) is 0 Å². The van der Waals surface area contributed by atoms with Crippen LogP contribution in [0.25, 0.3) is 0 Å². The van der Waals surface area contributed by atoms with Crippen LogP contribution in [0.3, 0.4) is 0 Å². The highest BCUT2D eigenvalue weighted by Gasteiger charge is 2.41. The predicted octanol–water partition coefficient (Wildman–Crippen LogP) is 3.50. The number of thioether (sulfide) groups is 1. The number of anilines is 2. The second-order valence-electron chi connectivity index (χ2n) is 6.45. The van der Waals surface area contributed by atoms with E-state index < -0.39 is 28.1 Å². The van der Waals surface area contributed by atoms with Crippen molar-refractivity contribution in [2.45, 2.75) is 29.7 Å². The lowest BCUT2D eigenvalue weighted by molar-refractivity contribution is -0.150. The van der Waals surface area contributed by atoms with Crippen LogP contribution in [-0.2, 0) is 19.6 Å². The number of urea groups is 1. The van der Waals surface area contributed by atoms with E-state index in [0.29, 0.717) is 0 Å². The van der Waals surface area contributed by atoms with Gasteiger partial charge in [-0.15, -0.1) is 11.8 Å². The zero-order valence-electron chi connectivity index (χ0n) is 17.0. The van der Waals surface area contributed by atoms with E-state index in [2.05, 4.69) is 0 Å². The first-order valence-corrected chi connectivity index (χ1v) is 11.8. The molecule has 0 fully saturated rings. The largest absolute Gasteiger partial charge is 0.479 e. The maximum absolute atomic E-state index is 13.2. The third kappa shape index (κ3) is 3.97. The highest BCUT2D eigenvalue weighted by molar-refractivity contribution is 7.98. The van der Waals surface area contributed by atoms with E-state index in [0.717, 1.165) is 9.20 Å². The van der Waals surface area contributed by atoms with Gasteiger partial charge >= 0.3 is 12.0 Å². The molecule has 160 valence electrons. The molecule has 0 aliphatic carbocycles. The van der Waals surface area contributed by atoms with Crippen LogP contribution in [0.15, 0.2) is 52.3 Å². The molecule has 2 amide bonds. The molecule has 8 nitrogen and oxygen atoms in total. The Hall–Kier alpha value is -2.72. The summed E-state index contributed by atoms with van der Waals surface area (Å²) >= 11 is 1.52. The Labute approximate surface area is 179 Å². The molecule has 10 heteroatoms. The molecule has 0 N–H and O–H groups in total. The first-order valence-electron chi connectivity index (χ1n) is 9.15. The number of fused-ring (bicyclic) bond motifs is 1. The lowest BCUT2D eigenvalue weighted by Crippen LogP contribution is -2.49. The summed E-state index contributed by atoms with van der Waals surface area (Å²) in [7, 11) is -2.64. The van der Waals surface area contributed by atoms with Crippen molar-refractivity contribution in [2.24, 2.45) is 0 Å².